The van der Waals surface area contributed by atoms with Crippen molar-refractivity contribution < 1.29 is 22.7 Å². The fraction of sp³-hybridized carbons (Fsp3) is 0.231. The summed E-state index contributed by atoms with van der Waals surface area (Å²) in [4.78, 5) is 20.7. The third-order valence-corrected chi connectivity index (χ3v) is 7.56. The molecule has 0 spiro atoms. The number of hydrogen-bond acceptors (Lipinski definition) is 6. The molecule has 4 rings (SSSR count). The number of fused-ring (bicyclic) bond motifs is 1. The number of aromatic nitrogens is 2. The average Bonchev–Trinajstić information content (AvgIpc) is 3.33. The number of carbonyl (C=O) groups is 1. The number of imidazole rings is 1. The zero-order valence-corrected chi connectivity index (χ0v) is 20.9. The summed E-state index contributed by atoms with van der Waals surface area (Å²) in [6, 6.07) is 21.0. The molecule has 0 atom stereocenters. The summed E-state index contributed by atoms with van der Waals surface area (Å²) in [6.07, 6.45) is 0. The number of sulfonamides is 1. The van der Waals surface area contributed by atoms with E-state index in [2.05, 4.69) is 15.3 Å². The van der Waals surface area contributed by atoms with E-state index in [1.165, 1.54) is 42.8 Å². The highest BCUT2D eigenvalue weighted by Crippen LogP contribution is 2.23. The van der Waals surface area contributed by atoms with Crippen molar-refractivity contribution in [3.05, 3.63) is 78.4 Å². The fourth-order valence-corrected chi connectivity index (χ4v) is 5.08. The van der Waals surface area contributed by atoms with Crippen molar-refractivity contribution in [1.82, 2.24) is 14.3 Å². The molecule has 3 aromatic carbocycles. The average molecular weight is 509 g/mol. The van der Waals surface area contributed by atoms with Gasteiger partial charge in [0.25, 0.3) is 5.91 Å². The van der Waals surface area contributed by atoms with Gasteiger partial charge in [-0.3, -0.25) is 4.79 Å². The lowest BCUT2D eigenvalue weighted by atomic mass is 10.1. The van der Waals surface area contributed by atoms with Gasteiger partial charge < -0.3 is 19.8 Å². The predicted octanol–water partition coefficient (Wildman–Crippen LogP) is 3.77. The van der Waals surface area contributed by atoms with Crippen molar-refractivity contribution in [2.75, 3.05) is 45.8 Å². The number of aromatic amines is 1. The lowest BCUT2D eigenvalue weighted by Crippen LogP contribution is -2.36. The van der Waals surface area contributed by atoms with Gasteiger partial charge in [0.1, 0.15) is 5.82 Å². The minimum Gasteiger partial charge on any atom is -0.383 e. The quantitative estimate of drug-likeness (QED) is 0.319. The van der Waals surface area contributed by atoms with E-state index in [9.17, 15) is 13.2 Å². The Morgan fingerprint density at radius 2 is 1.56 bits per heavy atom. The summed E-state index contributed by atoms with van der Waals surface area (Å²) >= 11 is 0. The van der Waals surface area contributed by atoms with Crippen LogP contribution in [0.1, 0.15) is 10.4 Å². The minimum absolute atomic E-state index is 0.0986. The van der Waals surface area contributed by atoms with Gasteiger partial charge in [-0.15, -0.1) is 0 Å². The number of hydrogen-bond donors (Lipinski definition) is 2. The zero-order chi connectivity index (χ0) is 25.5. The van der Waals surface area contributed by atoms with Gasteiger partial charge in [0.15, 0.2) is 0 Å². The Bertz CT molecular complexity index is 1380. The Morgan fingerprint density at radius 3 is 2.17 bits per heavy atom. The lowest BCUT2D eigenvalue weighted by Gasteiger charge is -2.21. The molecule has 2 N–H and O–H groups in total. The molecular weight excluding hydrogens is 480 g/mol. The van der Waals surface area contributed by atoms with E-state index in [0.717, 1.165) is 22.4 Å². The van der Waals surface area contributed by atoms with Crippen molar-refractivity contribution >= 4 is 32.7 Å². The third kappa shape index (κ3) is 5.80. The number of nitrogens with zero attached hydrogens (tertiary/aromatic N) is 2. The maximum absolute atomic E-state index is 13.0. The summed E-state index contributed by atoms with van der Waals surface area (Å²) in [5, 5.41) is 2.84. The molecule has 1 heterocycles. The summed E-state index contributed by atoms with van der Waals surface area (Å²) in [5.41, 5.74) is 3.69. The van der Waals surface area contributed by atoms with Crippen molar-refractivity contribution in [3.63, 3.8) is 0 Å². The Morgan fingerprint density at radius 1 is 0.917 bits per heavy atom. The van der Waals surface area contributed by atoms with Crippen LogP contribution >= 0.6 is 0 Å². The second-order valence-electron chi connectivity index (χ2n) is 8.05. The summed E-state index contributed by atoms with van der Waals surface area (Å²) in [5.74, 6) is 0.405. The van der Waals surface area contributed by atoms with Crippen molar-refractivity contribution in [3.8, 4) is 11.4 Å². The zero-order valence-electron chi connectivity index (χ0n) is 20.1. The topological polar surface area (TPSA) is 114 Å². The standard InChI is InChI=1S/C26H28N4O5S/c1-34-17-15-30(16-18-35-2)36(32,33)22-13-9-20(10-14-22)26(31)27-21-11-7-19(8-12-21)25-28-23-5-3-4-6-24(23)29-25/h3-14H,15-18H2,1-2H3,(H,27,31)(H,28,29). The predicted molar refractivity (Wildman–Crippen MR) is 138 cm³/mol. The van der Waals surface area contributed by atoms with E-state index < -0.39 is 10.0 Å². The van der Waals surface area contributed by atoms with Crippen molar-refractivity contribution in [1.29, 1.82) is 0 Å². The second kappa shape index (κ2) is 11.4. The molecule has 9 nitrogen and oxygen atoms in total. The number of methoxy groups -OCH3 is 2. The molecule has 1 aromatic heterocycles. The number of amides is 1. The fourth-order valence-electron chi connectivity index (χ4n) is 3.67. The SMILES string of the molecule is COCCN(CCOC)S(=O)(=O)c1ccc(C(=O)Nc2ccc(-c3nc4ccccc4[nH]3)cc2)cc1. The molecular formula is C26H28N4O5S. The molecule has 0 aliphatic rings. The number of carbonyl (C=O) groups excluding carboxylic acids is 1. The number of para-hydroxylation sites is 2. The Balaban J connectivity index is 1.43. The molecule has 1 amide bonds. The first-order valence-electron chi connectivity index (χ1n) is 11.4. The molecule has 188 valence electrons. The van der Waals surface area contributed by atoms with Gasteiger partial charge in [0.2, 0.25) is 10.0 Å². The van der Waals surface area contributed by atoms with Gasteiger partial charge >= 0.3 is 0 Å². The van der Waals surface area contributed by atoms with Gasteiger partial charge in [-0.25, -0.2) is 13.4 Å². The van der Waals surface area contributed by atoms with Crippen LogP contribution in [-0.2, 0) is 19.5 Å². The van der Waals surface area contributed by atoms with Crippen LogP contribution < -0.4 is 5.32 Å². The number of rotatable bonds is 11. The van der Waals surface area contributed by atoms with Crippen LogP contribution in [0.5, 0.6) is 0 Å². The van der Waals surface area contributed by atoms with Crippen LogP contribution in [0.2, 0.25) is 0 Å². The Hall–Kier alpha value is -3.57. The van der Waals surface area contributed by atoms with Gasteiger partial charge in [-0.1, -0.05) is 12.1 Å². The van der Waals surface area contributed by atoms with E-state index >= 15 is 0 Å². The molecule has 0 saturated heterocycles. The van der Waals surface area contributed by atoms with Gasteiger partial charge in [-0.2, -0.15) is 4.31 Å². The van der Waals surface area contributed by atoms with Crippen LogP contribution in [0.4, 0.5) is 5.69 Å². The van der Waals surface area contributed by atoms with Gasteiger partial charge in [0.05, 0.1) is 29.1 Å². The minimum atomic E-state index is -3.76. The molecule has 0 unspecified atom stereocenters. The highest BCUT2D eigenvalue weighted by atomic mass is 32.2. The molecule has 10 heteroatoms. The largest absolute Gasteiger partial charge is 0.383 e. The van der Waals surface area contributed by atoms with E-state index in [-0.39, 0.29) is 37.1 Å². The number of nitrogens with one attached hydrogen (secondary N) is 2. The van der Waals surface area contributed by atoms with Crippen LogP contribution in [-0.4, -0.2) is 69.1 Å². The summed E-state index contributed by atoms with van der Waals surface area (Å²) < 4.78 is 37.4. The first-order valence-corrected chi connectivity index (χ1v) is 12.8. The number of anilines is 1. The Kier molecular flexibility index (Phi) is 8.11. The molecule has 36 heavy (non-hydrogen) atoms. The molecule has 0 aliphatic heterocycles. The molecule has 0 saturated carbocycles. The summed E-state index contributed by atoms with van der Waals surface area (Å²) in [6.45, 7) is 0.931. The smallest absolute Gasteiger partial charge is 0.255 e. The maximum atomic E-state index is 13.0. The highest BCUT2D eigenvalue weighted by Gasteiger charge is 2.24. The monoisotopic (exact) mass is 508 g/mol. The number of benzene rings is 3. The van der Waals surface area contributed by atoms with E-state index in [0.29, 0.717) is 11.3 Å². The number of H-pyrrole nitrogens is 1. The van der Waals surface area contributed by atoms with Crippen LogP contribution in [0.15, 0.2) is 77.7 Å². The first kappa shape index (κ1) is 25.5. The van der Waals surface area contributed by atoms with Gasteiger partial charge in [0, 0.05) is 44.1 Å². The third-order valence-electron chi connectivity index (χ3n) is 5.65. The maximum Gasteiger partial charge on any atom is 0.255 e. The van der Waals surface area contributed by atoms with Crippen LogP contribution in [0.25, 0.3) is 22.4 Å². The number of ether oxygens (including phenoxy) is 2. The molecule has 0 bridgehead atoms. The molecule has 0 aliphatic carbocycles. The highest BCUT2D eigenvalue weighted by molar-refractivity contribution is 7.89. The molecule has 4 aromatic rings. The van der Waals surface area contributed by atoms with E-state index in [4.69, 9.17) is 9.47 Å². The second-order valence-corrected chi connectivity index (χ2v) is 9.99. The Labute approximate surface area is 210 Å². The van der Waals surface area contributed by atoms with Crippen molar-refractivity contribution in [2.45, 2.75) is 4.90 Å². The first-order chi connectivity index (χ1) is 17.4. The molecule has 0 fully saturated rings. The normalized spacial score (nSPS) is 11.8. The van der Waals surface area contributed by atoms with Crippen LogP contribution in [0, 0.1) is 0 Å². The van der Waals surface area contributed by atoms with Crippen LogP contribution in [0.3, 0.4) is 0 Å². The van der Waals surface area contributed by atoms with Crippen molar-refractivity contribution in [2.24, 2.45) is 0 Å². The van der Waals surface area contributed by atoms with Gasteiger partial charge in [-0.05, 0) is 60.7 Å². The lowest BCUT2D eigenvalue weighted by molar-refractivity contribution is 0.102. The van der Waals surface area contributed by atoms with E-state index in [1.807, 2.05) is 36.4 Å². The van der Waals surface area contributed by atoms with E-state index in [1.54, 1.807) is 12.1 Å². The summed E-state index contributed by atoms with van der Waals surface area (Å²) in [7, 11) is -0.726. The molecule has 0 radical (unpaired) electrons.